The van der Waals surface area contributed by atoms with E-state index in [1.165, 1.54) is 10.7 Å². The van der Waals surface area contributed by atoms with Crippen LogP contribution in [-0.4, -0.2) is 15.7 Å². The van der Waals surface area contributed by atoms with Gasteiger partial charge in [-0.15, -0.1) is 0 Å². The highest BCUT2D eigenvalue weighted by atomic mass is 35.5. The maximum Gasteiger partial charge on any atom is 0.256 e. The lowest BCUT2D eigenvalue weighted by Crippen LogP contribution is -2.13. The number of nitrogens with zero attached hydrogens (tertiary/aromatic N) is 2. The number of hydrogen-bond acceptors (Lipinski definition) is 2. The maximum atomic E-state index is 13.8. The maximum absolute atomic E-state index is 13.8. The van der Waals surface area contributed by atoms with E-state index >= 15 is 0 Å². The van der Waals surface area contributed by atoms with Gasteiger partial charge in [0.2, 0.25) is 0 Å². The Bertz CT molecular complexity index is 1140. The van der Waals surface area contributed by atoms with E-state index in [0.717, 1.165) is 10.8 Å². The van der Waals surface area contributed by atoms with Crippen LogP contribution in [0.1, 0.15) is 15.9 Å². The van der Waals surface area contributed by atoms with E-state index in [1.807, 2.05) is 36.4 Å². The van der Waals surface area contributed by atoms with Gasteiger partial charge in [0.05, 0.1) is 6.54 Å². The van der Waals surface area contributed by atoms with Crippen LogP contribution in [0.3, 0.4) is 0 Å². The minimum absolute atomic E-state index is 0.220. The van der Waals surface area contributed by atoms with E-state index < -0.39 is 0 Å². The molecule has 0 aliphatic heterocycles. The SMILES string of the molecule is O=C(Nc1nn(Cc2ccccc2F)cc1Cl)c1ccc2ccccc2c1. The van der Waals surface area contributed by atoms with Crippen molar-refractivity contribution in [3.63, 3.8) is 0 Å². The summed E-state index contributed by atoms with van der Waals surface area (Å²) in [6.45, 7) is 0.220. The van der Waals surface area contributed by atoms with Gasteiger partial charge in [0, 0.05) is 17.3 Å². The first-order chi connectivity index (χ1) is 13.1. The second kappa shape index (κ2) is 7.21. The Hall–Kier alpha value is -3.18. The molecule has 1 heterocycles. The molecule has 0 unspecified atom stereocenters. The number of carbonyl (C=O) groups excluding carboxylic acids is 1. The van der Waals surface area contributed by atoms with Gasteiger partial charge in [-0.3, -0.25) is 9.48 Å². The molecule has 4 rings (SSSR count). The first kappa shape index (κ1) is 17.2. The van der Waals surface area contributed by atoms with Crippen LogP contribution in [0.25, 0.3) is 10.8 Å². The Balaban J connectivity index is 1.54. The quantitative estimate of drug-likeness (QED) is 0.534. The van der Waals surface area contributed by atoms with Crippen molar-refractivity contribution in [1.82, 2.24) is 9.78 Å². The summed E-state index contributed by atoms with van der Waals surface area (Å²) in [6.07, 6.45) is 1.56. The summed E-state index contributed by atoms with van der Waals surface area (Å²) >= 11 is 6.19. The fourth-order valence-corrected chi connectivity index (χ4v) is 3.07. The van der Waals surface area contributed by atoms with E-state index in [2.05, 4.69) is 10.4 Å². The van der Waals surface area contributed by atoms with Gasteiger partial charge in [-0.2, -0.15) is 5.10 Å². The first-order valence-corrected chi connectivity index (χ1v) is 8.74. The van der Waals surface area contributed by atoms with E-state index in [1.54, 1.807) is 30.5 Å². The fourth-order valence-electron chi connectivity index (χ4n) is 2.87. The number of carbonyl (C=O) groups is 1. The Kier molecular flexibility index (Phi) is 4.60. The highest BCUT2D eigenvalue weighted by Gasteiger charge is 2.13. The first-order valence-electron chi connectivity index (χ1n) is 8.37. The number of amides is 1. The summed E-state index contributed by atoms with van der Waals surface area (Å²) in [6, 6.07) is 19.7. The second-order valence-corrected chi connectivity index (χ2v) is 6.54. The van der Waals surface area contributed by atoms with Crippen LogP contribution in [0, 0.1) is 5.82 Å². The number of benzene rings is 3. The molecule has 3 aromatic carbocycles. The normalized spacial score (nSPS) is 10.9. The van der Waals surface area contributed by atoms with Gasteiger partial charge in [-0.05, 0) is 29.0 Å². The van der Waals surface area contributed by atoms with Gasteiger partial charge in [-0.25, -0.2) is 4.39 Å². The molecule has 0 fully saturated rings. The summed E-state index contributed by atoms with van der Waals surface area (Å²) in [7, 11) is 0. The van der Waals surface area contributed by atoms with E-state index in [4.69, 9.17) is 11.6 Å². The van der Waals surface area contributed by atoms with Crippen molar-refractivity contribution in [1.29, 1.82) is 0 Å². The average molecular weight is 380 g/mol. The Morgan fingerprint density at radius 2 is 1.78 bits per heavy atom. The summed E-state index contributed by atoms with van der Waals surface area (Å²) < 4.78 is 15.3. The lowest BCUT2D eigenvalue weighted by Gasteiger charge is -2.05. The highest BCUT2D eigenvalue weighted by Crippen LogP contribution is 2.22. The van der Waals surface area contributed by atoms with E-state index in [-0.39, 0.29) is 24.1 Å². The molecule has 6 heteroatoms. The number of hydrogen-bond donors (Lipinski definition) is 1. The number of halogens is 2. The van der Waals surface area contributed by atoms with Crippen LogP contribution in [0.15, 0.2) is 72.9 Å². The highest BCUT2D eigenvalue weighted by molar-refractivity contribution is 6.33. The second-order valence-electron chi connectivity index (χ2n) is 6.13. The van der Waals surface area contributed by atoms with Crippen molar-refractivity contribution in [2.45, 2.75) is 6.54 Å². The van der Waals surface area contributed by atoms with Gasteiger partial charge in [0.25, 0.3) is 5.91 Å². The van der Waals surface area contributed by atoms with Gasteiger partial charge in [0.15, 0.2) is 5.82 Å². The van der Waals surface area contributed by atoms with Gasteiger partial charge in [0.1, 0.15) is 10.8 Å². The molecule has 0 radical (unpaired) electrons. The zero-order valence-corrected chi connectivity index (χ0v) is 14.9. The predicted molar refractivity (Wildman–Crippen MR) is 105 cm³/mol. The van der Waals surface area contributed by atoms with Crippen molar-refractivity contribution in [3.05, 3.63) is 94.9 Å². The molecule has 0 aliphatic rings. The standard InChI is InChI=1S/C21H15ClFN3O/c22-18-13-26(12-17-7-3-4-8-19(17)23)25-20(18)24-21(27)16-10-9-14-5-1-2-6-15(14)11-16/h1-11,13H,12H2,(H,24,25,27). The summed E-state index contributed by atoms with van der Waals surface area (Å²) in [5.41, 5.74) is 0.998. The molecule has 0 atom stereocenters. The average Bonchev–Trinajstić information content (AvgIpc) is 3.02. The third kappa shape index (κ3) is 3.68. The van der Waals surface area contributed by atoms with Crippen molar-refractivity contribution in [2.75, 3.05) is 5.32 Å². The molecular formula is C21H15ClFN3O. The minimum atomic E-state index is -0.314. The van der Waals surface area contributed by atoms with Crippen LogP contribution >= 0.6 is 11.6 Å². The Morgan fingerprint density at radius 3 is 2.59 bits per heavy atom. The van der Waals surface area contributed by atoms with Crippen molar-refractivity contribution in [2.24, 2.45) is 0 Å². The molecule has 1 aromatic heterocycles. The summed E-state index contributed by atoms with van der Waals surface area (Å²) in [4.78, 5) is 12.6. The Labute approximate surface area is 160 Å². The molecule has 1 N–H and O–H groups in total. The lowest BCUT2D eigenvalue weighted by atomic mass is 10.1. The lowest BCUT2D eigenvalue weighted by molar-refractivity contribution is 0.102. The van der Waals surface area contributed by atoms with Crippen LogP contribution in [-0.2, 0) is 6.54 Å². The molecule has 134 valence electrons. The summed E-state index contributed by atoms with van der Waals surface area (Å²) in [5.74, 6) is -0.379. The van der Waals surface area contributed by atoms with Gasteiger partial charge in [-0.1, -0.05) is 60.1 Å². The zero-order chi connectivity index (χ0) is 18.8. The number of anilines is 1. The van der Waals surface area contributed by atoms with Crippen LogP contribution in [0.4, 0.5) is 10.2 Å². The molecule has 1 amide bonds. The zero-order valence-electron chi connectivity index (χ0n) is 14.2. The molecule has 27 heavy (non-hydrogen) atoms. The number of aromatic nitrogens is 2. The van der Waals surface area contributed by atoms with Gasteiger partial charge >= 0.3 is 0 Å². The minimum Gasteiger partial charge on any atom is -0.304 e. The molecule has 0 bridgehead atoms. The third-order valence-electron chi connectivity index (χ3n) is 4.25. The monoisotopic (exact) mass is 379 g/mol. The van der Waals surface area contributed by atoms with E-state index in [9.17, 15) is 9.18 Å². The summed E-state index contributed by atoms with van der Waals surface area (Å²) in [5, 5.41) is 9.30. The topological polar surface area (TPSA) is 46.9 Å². The van der Waals surface area contributed by atoms with E-state index in [0.29, 0.717) is 16.1 Å². The Morgan fingerprint density at radius 1 is 1.04 bits per heavy atom. The molecule has 0 spiro atoms. The molecule has 0 saturated heterocycles. The largest absolute Gasteiger partial charge is 0.304 e. The molecular weight excluding hydrogens is 365 g/mol. The van der Waals surface area contributed by atoms with Gasteiger partial charge < -0.3 is 5.32 Å². The number of fused-ring (bicyclic) bond motifs is 1. The smallest absolute Gasteiger partial charge is 0.256 e. The van der Waals surface area contributed by atoms with Crippen LogP contribution in [0.2, 0.25) is 5.02 Å². The molecule has 4 aromatic rings. The third-order valence-corrected chi connectivity index (χ3v) is 4.53. The van der Waals surface area contributed by atoms with Crippen molar-refractivity contribution in [3.8, 4) is 0 Å². The fraction of sp³-hybridized carbons (Fsp3) is 0.0476. The van der Waals surface area contributed by atoms with Crippen molar-refractivity contribution >= 4 is 34.1 Å². The molecule has 0 aliphatic carbocycles. The van der Waals surface area contributed by atoms with Crippen LogP contribution in [0.5, 0.6) is 0 Å². The molecule has 4 nitrogen and oxygen atoms in total. The number of nitrogens with one attached hydrogen (secondary N) is 1. The van der Waals surface area contributed by atoms with Crippen molar-refractivity contribution < 1.29 is 9.18 Å². The number of rotatable bonds is 4. The van der Waals surface area contributed by atoms with Crippen LogP contribution < -0.4 is 5.32 Å². The predicted octanol–water partition coefficient (Wildman–Crippen LogP) is 5.13. The molecule has 0 saturated carbocycles.